The second kappa shape index (κ2) is 2.81. The van der Waals surface area contributed by atoms with E-state index in [0.717, 1.165) is 12.8 Å². The molecular formula is C8H14O3. The quantitative estimate of drug-likeness (QED) is 0.629. The van der Waals surface area contributed by atoms with E-state index in [2.05, 4.69) is 0 Å². The van der Waals surface area contributed by atoms with Gasteiger partial charge in [0.1, 0.15) is 0 Å². The van der Waals surface area contributed by atoms with Crippen LogP contribution in [0.1, 0.15) is 33.1 Å². The standard InChI is InChI=1S/C8H14O3/c1-3-8(4-2)6(11-8)5-7(9)10/h6H,3-5H2,1-2H3,(H,9,10). The van der Waals surface area contributed by atoms with E-state index in [1.807, 2.05) is 13.8 Å². The summed E-state index contributed by atoms with van der Waals surface area (Å²) >= 11 is 0. The number of epoxide rings is 1. The van der Waals surface area contributed by atoms with Gasteiger partial charge in [0.15, 0.2) is 0 Å². The average Bonchev–Trinajstić information content (AvgIpc) is 2.63. The molecule has 0 amide bonds. The minimum absolute atomic E-state index is 0.0324. The fourth-order valence-electron chi connectivity index (χ4n) is 1.51. The third-order valence-electron chi connectivity index (χ3n) is 2.46. The first-order valence-corrected chi connectivity index (χ1v) is 4.04. The molecule has 1 atom stereocenters. The molecule has 1 aliphatic heterocycles. The van der Waals surface area contributed by atoms with Crippen LogP contribution < -0.4 is 0 Å². The third-order valence-corrected chi connectivity index (χ3v) is 2.46. The Bertz CT molecular complexity index is 161. The maximum absolute atomic E-state index is 10.3. The minimum atomic E-state index is -0.765. The van der Waals surface area contributed by atoms with E-state index < -0.39 is 5.97 Å². The third kappa shape index (κ3) is 1.53. The Morgan fingerprint density at radius 1 is 1.55 bits per heavy atom. The molecule has 3 nitrogen and oxygen atoms in total. The highest BCUT2D eigenvalue weighted by Gasteiger charge is 2.53. The van der Waals surface area contributed by atoms with Crippen molar-refractivity contribution < 1.29 is 14.6 Å². The van der Waals surface area contributed by atoms with Crippen molar-refractivity contribution in [2.24, 2.45) is 0 Å². The molecule has 3 heteroatoms. The second-order valence-electron chi connectivity index (χ2n) is 2.98. The number of hydrogen-bond acceptors (Lipinski definition) is 2. The van der Waals surface area contributed by atoms with Gasteiger partial charge in [-0.1, -0.05) is 13.8 Å². The molecule has 1 unspecified atom stereocenters. The second-order valence-corrected chi connectivity index (χ2v) is 2.98. The smallest absolute Gasteiger partial charge is 0.306 e. The molecule has 0 bridgehead atoms. The number of rotatable bonds is 4. The van der Waals surface area contributed by atoms with E-state index >= 15 is 0 Å². The molecule has 0 aromatic heterocycles. The fraction of sp³-hybridized carbons (Fsp3) is 0.875. The van der Waals surface area contributed by atoms with Gasteiger partial charge in [-0.2, -0.15) is 0 Å². The van der Waals surface area contributed by atoms with Crippen LogP contribution in [0.5, 0.6) is 0 Å². The monoisotopic (exact) mass is 158 g/mol. The van der Waals surface area contributed by atoms with Gasteiger partial charge in [-0.25, -0.2) is 0 Å². The lowest BCUT2D eigenvalue weighted by Crippen LogP contribution is -2.14. The number of ether oxygens (including phenoxy) is 1. The van der Waals surface area contributed by atoms with E-state index in [0.29, 0.717) is 0 Å². The Morgan fingerprint density at radius 3 is 2.36 bits per heavy atom. The molecule has 1 rings (SSSR count). The predicted molar refractivity (Wildman–Crippen MR) is 40.4 cm³/mol. The van der Waals surface area contributed by atoms with Gasteiger partial charge in [-0.15, -0.1) is 0 Å². The number of hydrogen-bond donors (Lipinski definition) is 1. The summed E-state index contributed by atoms with van der Waals surface area (Å²) in [5.74, 6) is -0.765. The topological polar surface area (TPSA) is 49.8 Å². The van der Waals surface area contributed by atoms with Gasteiger partial charge in [-0.05, 0) is 12.8 Å². The lowest BCUT2D eigenvalue weighted by Gasteiger charge is -2.03. The van der Waals surface area contributed by atoms with Crippen molar-refractivity contribution >= 4 is 5.97 Å². The van der Waals surface area contributed by atoms with Crippen LogP contribution in [-0.4, -0.2) is 22.8 Å². The summed E-state index contributed by atoms with van der Waals surface area (Å²) in [5.41, 5.74) is -0.0988. The first-order chi connectivity index (χ1) is 5.14. The molecule has 0 aliphatic carbocycles. The Kier molecular flexibility index (Phi) is 2.18. The Labute approximate surface area is 66.4 Å². The molecule has 0 spiro atoms. The van der Waals surface area contributed by atoms with E-state index in [-0.39, 0.29) is 18.1 Å². The largest absolute Gasteiger partial charge is 0.481 e. The molecule has 1 N–H and O–H groups in total. The van der Waals surface area contributed by atoms with Crippen LogP contribution in [0.25, 0.3) is 0 Å². The maximum atomic E-state index is 10.3. The Morgan fingerprint density at radius 2 is 2.09 bits per heavy atom. The highest BCUT2D eigenvalue weighted by atomic mass is 16.6. The zero-order valence-electron chi connectivity index (χ0n) is 6.96. The molecule has 0 saturated carbocycles. The van der Waals surface area contributed by atoms with E-state index in [1.165, 1.54) is 0 Å². The fourth-order valence-corrected chi connectivity index (χ4v) is 1.51. The summed E-state index contributed by atoms with van der Waals surface area (Å²) < 4.78 is 5.33. The van der Waals surface area contributed by atoms with E-state index in [9.17, 15) is 4.79 Å². The molecule has 1 saturated heterocycles. The van der Waals surface area contributed by atoms with E-state index in [1.54, 1.807) is 0 Å². The Hall–Kier alpha value is -0.570. The zero-order valence-corrected chi connectivity index (χ0v) is 6.96. The van der Waals surface area contributed by atoms with Crippen LogP contribution in [0.15, 0.2) is 0 Å². The van der Waals surface area contributed by atoms with Gasteiger partial charge in [0, 0.05) is 0 Å². The van der Waals surface area contributed by atoms with Crippen molar-refractivity contribution in [2.45, 2.75) is 44.8 Å². The minimum Gasteiger partial charge on any atom is -0.481 e. The molecule has 1 heterocycles. The molecule has 0 aromatic carbocycles. The van der Waals surface area contributed by atoms with Crippen LogP contribution in [0.4, 0.5) is 0 Å². The zero-order chi connectivity index (χ0) is 8.48. The Balaban J connectivity index is 2.38. The van der Waals surface area contributed by atoms with Crippen molar-refractivity contribution in [1.82, 2.24) is 0 Å². The first kappa shape index (κ1) is 8.53. The number of carbonyl (C=O) groups is 1. The number of aliphatic carboxylic acids is 1. The van der Waals surface area contributed by atoms with Crippen LogP contribution >= 0.6 is 0 Å². The molecule has 1 fully saturated rings. The highest BCUT2D eigenvalue weighted by molar-refractivity contribution is 5.68. The van der Waals surface area contributed by atoms with Crippen LogP contribution in [-0.2, 0) is 9.53 Å². The lowest BCUT2D eigenvalue weighted by atomic mass is 9.97. The van der Waals surface area contributed by atoms with Crippen LogP contribution in [0.3, 0.4) is 0 Å². The summed E-state index contributed by atoms with van der Waals surface area (Å²) in [7, 11) is 0. The van der Waals surface area contributed by atoms with Crippen molar-refractivity contribution in [3.63, 3.8) is 0 Å². The molecule has 0 radical (unpaired) electrons. The lowest BCUT2D eigenvalue weighted by molar-refractivity contribution is -0.137. The van der Waals surface area contributed by atoms with Gasteiger partial charge >= 0.3 is 5.97 Å². The van der Waals surface area contributed by atoms with Gasteiger partial charge in [0.2, 0.25) is 0 Å². The normalized spacial score (nSPS) is 26.5. The van der Waals surface area contributed by atoms with Crippen LogP contribution in [0, 0.1) is 0 Å². The highest BCUT2D eigenvalue weighted by Crippen LogP contribution is 2.44. The summed E-state index contributed by atoms with van der Waals surface area (Å²) in [5, 5.41) is 8.47. The summed E-state index contributed by atoms with van der Waals surface area (Å²) in [6, 6.07) is 0. The molecule has 1 aliphatic rings. The molecule has 11 heavy (non-hydrogen) atoms. The van der Waals surface area contributed by atoms with Crippen molar-refractivity contribution in [1.29, 1.82) is 0 Å². The van der Waals surface area contributed by atoms with Crippen molar-refractivity contribution in [2.75, 3.05) is 0 Å². The van der Waals surface area contributed by atoms with Gasteiger partial charge in [-0.3, -0.25) is 4.79 Å². The van der Waals surface area contributed by atoms with Crippen molar-refractivity contribution in [3.05, 3.63) is 0 Å². The molecule has 0 aromatic rings. The predicted octanol–water partition coefficient (Wildman–Crippen LogP) is 1.42. The van der Waals surface area contributed by atoms with Gasteiger partial charge in [0.05, 0.1) is 18.1 Å². The summed E-state index contributed by atoms with van der Waals surface area (Å²) in [4.78, 5) is 10.3. The maximum Gasteiger partial charge on any atom is 0.306 e. The summed E-state index contributed by atoms with van der Waals surface area (Å²) in [6.45, 7) is 4.07. The SMILES string of the molecule is CCC1(CC)OC1CC(=O)O. The van der Waals surface area contributed by atoms with Crippen molar-refractivity contribution in [3.8, 4) is 0 Å². The first-order valence-electron chi connectivity index (χ1n) is 4.04. The number of carboxylic acids is 1. The van der Waals surface area contributed by atoms with Gasteiger partial charge in [0.25, 0.3) is 0 Å². The molecular weight excluding hydrogens is 144 g/mol. The van der Waals surface area contributed by atoms with Crippen LogP contribution in [0.2, 0.25) is 0 Å². The summed E-state index contributed by atoms with van der Waals surface area (Å²) in [6.07, 6.45) is 1.96. The van der Waals surface area contributed by atoms with Gasteiger partial charge < -0.3 is 9.84 Å². The molecule has 64 valence electrons. The van der Waals surface area contributed by atoms with E-state index in [4.69, 9.17) is 9.84 Å². The average molecular weight is 158 g/mol. The number of carboxylic acid groups (broad SMARTS) is 1.